The van der Waals surface area contributed by atoms with Gasteiger partial charge in [-0.1, -0.05) is 12.1 Å². The summed E-state index contributed by atoms with van der Waals surface area (Å²) in [7, 11) is 3.39. The third-order valence-corrected chi connectivity index (χ3v) is 4.71. The molecule has 1 aromatic carbocycles. The van der Waals surface area contributed by atoms with Gasteiger partial charge in [0.15, 0.2) is 0 Å². The van der Waals surface area contributed by atoms with Crippen LogP contribution in [0, 0.1) is 0 Å². The van der Waals surface area contributed by atoms with Crippen LogP contribution in [0.4, 0.5) is 4.79 Å². The van der Waals surface area contributed by atoms with Crippen molar-refractivity contribution in [2.24, 2.45) is 0 Å². The van der Waals surface area contributed by atoms with E-state index in [1.54, 1.807) is 48.2 Å². The summed E-state index contributed by atoms with van der Waals surface area (Å²) < 4.78 is 0. The van der Waals surface area contributed by atoms with Crippen molar-refractivity contribution in [3.8, 4) is 0 Å². The van der Waals surface area contributed by atoms with Crippen LogP contribution in [0.2, 0.25) is 0 Å². The number of hydrogen-bond donors (Lipinski definition) is 0. The smallest absolute Gasteiger partial charge is 0.319 e. The standard InChI is InChI=1S/C18H22N4O4/c1-19(2)18(26)21-11-9-20(10-12-21)15(23)7-8-22-16(24)13-5-3-4-6-14(13)17(22)25/h3-6H,7-12H2,1-2H3. The minimum atomic E-state index is -0.347. The van der Waals surface area contributed by atoms with Crippen molar-refractivity contribution in [3.05, 3.63) is 35.4 Å². The van der Waals surface area contributed by atoms with E-state index in [1.807, 2.05) is 0 Å². The van der Waals surface area contributed by atoms with Gasteiger partial charge in [-0.15, -0.1) is 0 Å². The Morgan fingerprint density at radius 2 is 1.42 bits per heavy atom. The molecule has 2 aliphatic heterocycles. The Kier molecular flexibility index (Phi) is 4.92. The van der Waals surface area contributed by atoms with Crippen molar-refractivity contribution in [1.29, 1.82) is 0 Å². The fraction of sp³-hybridized carbons (Fsp3) is 0.444. The summed E-state index contributed by atoms with van der Waals surface area (Å²) in [6.07, 6.45) is 0.0904. The van der Waals surface area contributed by atoms with Gasteiger partial charge in [0.2, 0.25) is 5.91 Å². The van der Waals surface area contributed by atoms with Crippen LogP contribution in [0.1, 0.15) is 27.1 Å². The largest absolute Gasteiger partial charge is 0.339 e. The van der Waals surface area contributed by atoms with Crippen LogP contribution in [0.25, 0.3) is 0 Å². The fourth-order valence-corrected chi connectivity index (χ4v) is 3.24. The van der Waals surface area contributed by atoms with Crippen LogP contribution in [-0.2, 0) is 4.79 Å². The highest BCUT2D eigenvalue weighted by atomic mass is 16.2. The first-order valence-corrected chi connectivity index (χ1v) is 8.59. The highest BCUT2D eigenvalue weighted by molar-refractivity contribution is 6.21. The predicted octanol–water partition coefficient (Wildman–Crippen LogP) is 0.498. The van der Waals surface area contributed by atoms with E-state index < -0.39 is 0 Å². The van der Waals surface area contributed by atoms with E-state index in [1.165, 1.54) is 4.90 Å². The van der Waals surface area contributed by atoms with E-state index in [0.717, 1.165) is 4.90 Å². The molecule has 0 saturated carbocycles. The van der Waals surface area contributed by atoms with Crippen molar-refractivity contribution in [2.45, 2.75) is 6.42 Å². The molecule has 0 aromatic heterocycles. The van der Waals surface area contributed by atoms with Crippen LogP contribution in [0.3, 0.4) is 0 Å². The maximum atomic E-state index is 12.4. The van der Waals surface area contributed by atoms with Gasteiger partial charge in [-0.25, -0.2) is 4.79 Å². The molecule has 0 atom stereocenters. The number of nitrogens with zero attached hydrogens (tertiary/aromatic N) is 4. The minimum Gasteiger partial charge on any atom is -0.339 e. The monoisotopic (exact) mass is 358 g/mol. The first-order chi connectivity index (χ1) is 12.4. The zero-order valence-corrected chi connectivity index (χ0v) is 15.0. The van der Waals surface area contributed by atoms with Crippen molar-refractivity contribution in [1.82, 2.24) is 19.6 Å². The third-order valence-electron chi connectivity index (χ3n) is 4.71. The molecule has 26 heavy (non-hydrogen) atoms. The molecule has 0 aliphatic carbocycles. The average Bonchev–Trinajstić information content (AvgIpc) is 2.90. The Morgan fingerprint density at radius 1 is 0.923 bits per heavy atom. The van der Waals surface area contributed by atoms with E-state index in [-0.39, 0.29) is 36.7 Å². The minimum absolute atomic E-state index is 0.0666. The van der Waals surface area contributed by atoms with Gasteiger partial charge in [0.1, 0.15) is 0 Å². The second-order valence-corrected chi connectivity index (χ2v) is 6.60. The van der Waals surface area contributed by atoms with E-state index >= 15 is 0 Å². The Bertz CT molecular complexity index is 718. The zero-order valence-electron chi connectivity index (χ0n) is 15.0. The molecular weight excluding hydrogens is 336 g/mol. The maximum absolute atomic E-state index is 12.4. The Labute approximate surface area is 151 Å². The number of hydrogen-bond acceptors (Lipinski definition) is 4. The highest BCUT2D eigenvalue weighted by Crippen LogP contribution is 2.22. The molecule has 1 fully saturated rings. The lowest BCUT2D eigenvalue weighted by Crippen LogP contribution is -2.53. The molecule has 0 unspecified atom stereocenters. The molecular formula is C18H22N4O4. The first-order valence-electron chi connectivity index (χ1n) is 8.59. The third kappa shape index (κ3) is 3.26. The molecule has 3 rings (SSSR count). The summed E-state index contributed by atoms with van der Waals surface area (Å²) in [5.41, 5.74) is 0.779. The van der Waals surface area contributed by atoms with Gasteiger partial charge in [0.25, 0.3) is 11.8 Å². The van der Waals surface area contributed by atoms with Crippen LogP contribution >= 0.6 is 0 Å². The summed E-state index contributed by atoms with van der Waals surface area (Å²) in [6.45, 7) is 1.95. The molecule has 8 nitrogen and oxygen atoms in total. The number of amides is 5. The molecule has 0 N–H and O–H groups in total. The predicted molar refractivity (Wildman–Crippen MR) is 93.7 cm³/mol. The lowest BCUT2D eigenvalue weighted by atomic mass is 10.1. The summed E-state index contributed by atoms with van der Waals surface area (Å²) in [5, 5.41) is 0. The van der Waals surface area contributed by atoms with Gasteiger partial charge >= 0.3 is 6.03 Å². The van der Waals surface area contributed by atoms with Gasteiger partial charge in [-0.2, -0.15) is 0 Å². The Balaban J connectivity index is 1.52. The van der Waals surface area contributed by atoms with E-state index in [9.17, 15) is 19.2 Å². The Morgan fingerprint density at radius 3 is 1.92 bits per heavy atom. The van der Waals surface area contributed by atoms with Crippen LogP contribution in [0.15, 0.2) is 24.3 Å². The van der Waals surface area contributed by atoms with Crippen LogP contribution < -0.4 is 0 Å². The molecule has 5 amide bonds. The fourth-order valence-electron chi connectivity index (χ4n) is 3.24. The number of rotatable bonds is 3. The molecule has 0 spiro atoms. The van der Waals surface area contributed by atoms with Crippen LogP contribution in [0.5, 0.6) is 0 Å². The molecule has 2 heterocycles. The Hall–Kier alpha value is -2.90. The number of piperazine rings is 1. The van der Waals surface area contributed by atoms with Crippen LogP contribution in [-0.4, -0.2) is 90.2 Å². The maximum Gasteiger partial charge on any atom is 0.319 e. The second kappa shape index (κ2) is 7.15. The number of urea groups is 1. The first kappa shape index (κ1) is 17.9. The molecule has 8 heteroatoms. The van der Waals surface area contributed by atoms with Crippen molar-refractivity contribution >= 4 is 23.8 Å². The topological polar surface area (TPSA) is 81.2 Å². The van der Waals surface area contributed by atoms with E-state index in [2.05, 4.69) is 0 Å². The number of fused-ring (bicyclic) bond motifs is 1. The van der Waals surface area contributed by atoms with Gasteiger partial charge in [-0.3, -0.25) is 19.3 Å². The average molecular weight is 358 g/mol. The lowest BCUT2D eigenvalue weighted by molar-refractivity contribution is -0.132. The number of imide groups is 1. The van der Waals surface area contributed by atoms with Crippen molar-refractivity contribution in [2.75, 3.05) is 46.8 Å². The molecule has 0 radical (unpaired) electrons. The molecule has 138 valence electrons. The van der Waals surface area contributed by atoms with E-state index in [0.29, 0.717) is 37.3 Å². The zero-order chi connectivity index (χ0) is 18.8. The number of carbonyl (C=O) groups is 4. The SMILES string of the molecule is CN(C)C(=O)N1CCN(C(=O)CCN2C(=O)c3ccccc3C2=O)CC1. The number of benzene rings is 1. The molecule has 0 bridgehead atoms. The summed E-state index contributed by atoms with van der Waals surface area (Å²) >= 11 is 0. The second-order valence-electron chi connectivity index (χ2n) is 6.60. The van der Waals surface area contributed by atoms with Gasteiger partial charge in [-0.05, 0) is 12.1 Å². The normalized spacial score (nSPS) is 16.8. The summed E-state index contributed by atoms with van der Waals surface area (Å²) in [5.74, 6) is -0.807. The quantitative estimate of drug-likeness (QED) is 0.737. The summed E-state index contributed by atoms with van der Waals surface area (Å²) in [6, 6.07) is 6.61. The van der Waals surface area contributed by atoms with Gasteiger partial charge in [0.05, 0.1) is 11.1 Å². The van der Waals surface area contributed by atoms with Gasteiger partial charge < -0.3 is 14.7 Å². The molecule has 1 saturated heterocycles. The number of carbonyl (C=O) groups excluding carboxylic acids is 4. The highest BCUT2D eigenvalue weighted by Gasteiger charge is 2.35. The summed E-state index contributed by atoms with van der Waals surface area (Å²) in [4.78, 5) is 55.0. The van der Waals surface area contributed by atoms with Gasteiger partial charge in [0, 0.05) is 53.2 Å². The van der Waals surface area contributed by atoms with E-state index in [4.69, 9.17) is 0 Å². The molecule has 1 aromatic rings. The van der Waals surface area contributed by atoms with Crippen molar-refractivity contribution in [3.63, 3.8) is 0 Å². The van der Waals surface area contributed by atoms with Crippen molar-refractivity contribution < 1.29 is 19.2 Å². The lowest BCUT2D eigenvalue weighted by Gasteiger charge is -2.36. The molecule has 2 aliphatic rings.